The Morgan fingerprint density at radius 3 is 2.53 bits per heavy atom. The van der Waals surface area contributed by atoms with Crippen LogP contribution in [-0.4, -0.2) is 26.6 Å². The van der Waals surface area contributed by atoms with Crippen LogP contribution in [0.5, 0.6) is 5.75 Å². The maximum atomic E-state index is 6.03. The molecule has 1 aromatic carbocycles. The number of nitrogens with zero attached hydrogens (tertiary/aromatic N) is 4. The van der Waals surface area contributed by atoms with Gasteiger partial charge in [-0.1, -0.05) is 11.6 Å². The van der Waals surface area contributed by atoms with Crippen molar-refractivity contribution in [3.8, 4) is 17.1 Å². The molecule has 6 heteroatoms. The number of benzene rings is 1. The largest absolute Gasteiger partial charge is 0.497 e. The highest BCUT2D eigenvalue weighted by Crippen LogP contribution is 2.26. The number of methoxy groups -OCH3 is 1. The van der Waals surface area contributed by atoms with Crippen LogP contribution in [0.2, 0.25) is 5.15 Å². The summed E-state index contributed by atoms with van der Waals surface area (Å²) in [4.78, 5) is 12.6. The smallest absolute Gasteiger partial charge is 0.165 e. The van der Waals surface area contributed by atoms with Gasteiger partial charge in [0.15, 0.2) is 10.8 Å². The van der Waals surface area contributed by atoms with Crippen LogP contribution < -0.4 is 4.74 Å². The van der Waals surface area contributed by atoms with Crippen LogP contribution in [0.3, 0.4) is 0 Å². The lowest BCUT2D eigenvalue weighted by Gasteiger charge is -2.03. The van der Waals surface area contributed by atoms with Gasteiger partial charge in [0.2, 0.25) is 0 Å². The van der Waals surface area contributed by atoms with E-state index in [1.54, 1.807) is 7.11 Å². The molecule has 5 nitrogen and oxygen atoms in total. The third-order valence-corrected chi connectivity index (χ3v) is 3.24. The van der Waals surface area contributed by atoms with Crippen LogP contribution in [0.15, 0.2) is 30.6 Å². The van der Waals surface area contributed by atoms with Gasteiger partial charge in [-0.25, -0.2) is 15.0 Å². The number of aromatic nitrogens is 4. The lowest BCUT2D eigenvalue weighted by molar-refractivity contribution is 0.415. The predicted molar refractivity (Wildman–Crippen MR) is 73.3 cm³/mol. The highest BCUT2D eigenvalue weighted by Gasteiger charge is 2.13. The molecule has 0 atom stereocenters. The maximum absolute atomic E-state index is 6.03. The number of hydrogen-bond acceptors (Lipinski definition) is 4. The summed E-state index contributed by atoms with van der Waals surface area (Å²) in [6.45, 7) is 0. The Kier molecular flexibility index (Phi) is 2.83. The van der Waals surface area contributed by atoms with Crippen LogP contribution in [0.4, 0.5) is 0 Å². The van der Waals surface area contributed by atoms with E-state index in [0.29, 0.717) is 16.3 Å². The Hall–Kier alpha value is -2.14. The fourth-order valence-corrected chi connectivity index (χ4v) is 2.14. The molecule has 0 saturated heterocycles. The number of halogens is 1. The minimum atomic E-state index is 0.361. The Morgan fingerprint density at radius 1 is 1.16 bits per heavy atom. The zero-order valence-electron chi connectivity index (χ0n) is 10.5. The van der Waals surface area contributed by atoms with E-state index in [-0.39, 0.29) is 0 Å². The minimum Gasteiger partial charge on any atom is -0.497 e. The zero-order valence-corrected chi connectivity index (χ0v) is 11.2. The van der Waals surface area contributed by atoms with Crippen LogP contribution in [0.25, 0.3) is 22.6 Å². The van der Waals surface area contributed by atoms with Crippen molar-refractivity contribution in [1.82, 2.24) is 19.5 Å². The van der Waals surface area contributed by atoms with Gasteiger partial charge in [0.1, 0.15) is 23.4 Å². The molecule has 0 saturated carbocycles. The summed E-state index contributed by atoms with van der Waals surface area (Å²) in [6, 6.07) is 7.67. The third-order valence-electron chi connectivity index (χ3n) is 2.96. The number of rotatable bonds is 2. The van der Waals surface area contributed by atoms with E-state index in [1.165, 1.54) is 6.33 Å². The molecule has 0 amide bonds. The zero-order chi connectivity index (χ0) is 13.4. The maximum Gasteiger partial charge on any atom is 0.165 e. The number of fused-ring (bicyclic) bond motifs is 1. The van der Waals surface area contributed by atoms with Crippen LogP contribution in [-0.2, 0) is 7.05 Å². The van der Waals surface area contributed by atoms with Gasteiger partial charge in [0, 0.05) is 12.6 Å². The summed E-state index contributed by atoms with van der Waals surface area (Å²) < 4.78 is 7.04. The highest BCUT2D eigenvalue weighted by molar-refractivity contribution is 6.33. The van der Waals surface area contributed by atoms with Gasteiger partial charge in [0.25, 0.3) is 0 Å². The van der Waals surface area contributed by atoms with E-state index >= 15 is 0 Å². The Morgan fingerprint density at radius 2 is 1.89 bits per heavy atom. The van der Waals surface area contributed by atoms with Gasteiger partial charge in [-0.2, -0.15) is 0 Å². The summed E-state index contributed by atoms with van der Waals surface area (Å²) in [5, 5.41) is 0.361. The summed E-state index contributed by atoms with van der Waals surface area (Å²) in [5.41, 5.74) is 2.29. The lowest BCUT2D eigenvalue weighted by Crippen LogP contribution is -1.94. The second-order valence-electron chi connectivity index (χ2n) is 4.06. The molecule has 2 heterocycles. The van der Waals surface area contributed by atoms with Crippen molar-refractivity contribution >= 4 is 22.8 Å². The van der Waals surface area contributed by atoms with E-state index < -0.39 is 0 Å². The molecule has 0 N–H and O–H groups in total. The average Bonchev–Trinajstić information content (AvgIpc) is 2.78. The second-order valence-corrected chi connectivity index (χ2v) is 4.42. The van der Waals surface area contributed by atoms with Crippen LogP contribution >= 0.6 is 11.6 Å². The van der Waals surface area contributed by atoms with Crippen molar-refractivity contribution in [3.63, 3.8) is 0 Å². The first-order valence-electron chi connectivity index (χ1n) is 5.68. The van der Waals surface area contributed by atoms with Crippen molar-refractivity contribution in [2.75, 3.05) is 7.11 Å². The third kappa shape index (κ3) is 1.92. The van der Waals surface area contributed by atoms with E-state index in [9.17, 15) is 0 Å². The van der Waals surface area contributed by atoms with Gasteiger partial charge in [-0.05, 0) is 24.3 Å². The molecule has 0 fully saturated rings. The molecule has 0 bridgehead atoms. The molecule has 19 heavy (non-hydrogen) atoms. The molecule has 96 valence electrons. The Bertz CT molecular complexity index is 736. The number of hydrogen-bond donors (Lipinski definition) is 0. The van der Waals surface area contributed by atoms with E-state index in [1.807, 2.05) is 35.9 Å². The van der Waals surface area contributed by atoms with Crippen molar-refractivity contribution in [1.29, 1.82) is 0 Å². The van der Waals surface area contributed by atoms with Crippen molar-refractivity contribution < 1.29 is 4.74 Å². The average molecular weight is 275 g/mol. The van der Waals surface area contributed by atoms with Gasteiger partial charge < -0.3 is 9.30 Å². The van der Waals surface area contributed by atoms with E-state index in [4.69, 9.17) is 16.3 Å². The van der Waals surface area contributed by atoms with Gasteiger partial charge in [-0.15, -0.1) is 0 Å². The molecular formula is C13H11ClN4O. The monoisotopic (exact) mass is 274 g/mol. The number of ether oxygens (including phenoxy) is 1. The quantitative estimate of drug-likeness (QED) is 0.674. The summed E-state index contributed by atoms with van der Waals surface area (Å²) >= 11 is 6.03. The summed E-state index contributed by atoms with van der Waals surface area (Å²) in [5.74, 6) is 1.60. The minimum absolute atomic E-state index is 0.361. The van der Waals surface area contributed by atoms with E-state index in [0.717, 1.165) is 17.1 Å². The number of imidazole rings is 1. The first-order chi connectivity index (χ1) is 9.20. The molecule has 3 rings (SSSR count). The van der Waals surface area contributed by atoms with Crippen molar-refractivity contribution in [3.05, 3.63) is 35.7 Å². The van der Waals surface area contributed by atoms with Gasteiger partial charge >= 0.3 is 0 Å². The summed E-state index contributed by atoms with van der Waals surface area (Å²) in [6.07, 6.45) is 1.43. The van der Waals surface area contributed by atoms with E-state index in [2.05, 4.69) is 15.0 Å². The Labute approximate surface area is 114 Å². The molecule has 0 aliphatic rings. The first-order valence-corrected chi connectivity index (χ1v) is 6.06. The molecule has 2 aromatic heterocycles. The molecule has 0 unspecified atom stereocenters. The van der Waals surface area contributed by atoms with Crippen LogP contribution in [0.1, 0.15) is 0 Å². The van der Waals surface area contributed by atoms with Crippen molar-refractivity contribution in [2.45, 2.75) is 0 Å². The predicted octanol–water partition coefficient (Wildman–Crippen LogP) is 2.69. The fourth-order valence-electron chi connectivity index (χ4n) is 1.97. The van der Waals surface area contributed by atoms with Gasteiger partial charge in [0.05, 0.1) is 7.11 Å². The standard InChI is InChI=1S/C13H11ClN4O/c1-18-12(8-3-5-9(19-2)6-4-8)17-10-11(14)15-7-16-13(10)18/h3-7H,1-2H3. The lowest BCUT2D eigenvalue weighted by atomic mass is 10.2. The van der Waals surface area contributed by atoms with Crippen LogP contribution in [0, 0.1) is 0 Å². The SMILES string of the molecule is COc1ccc(-c2nc3c(Cl)ncnc3n2C)cc1. The fraction of sp³-hybridized carbons (Fsp3) is 0.154. The first kappa shape index (κ1) is 11.9. The normalized spacial score (nSPS) is 10.9. The number of aryl methyl sites for hydroxylation is 1. The second kappa shape index (κ2) is 4.51. The molecule has 0 radical (unpaired) electrons. The van der Waals surface area contributed by atoms with Crippen molar-refractivity contribution in [2.24, 2.45) is 7.05 Å². The molecule has 0 aliphatic heterocycles. The molecule has 0 spiro atoms. The highest BCUT2D eigenvalue weighted by atomic mass is 35.5. The molecule has 0 aliphatic carbocycles. The topological polar surface area (TPSA) is 52.8 Å². The summed E-state index contributed by atoms with van der Waals surface area (Å²) in [7, 11) is 3.54. The Balaban J connectivity index is 2.19. The van der Waals surface area contributed by atoms with Gasteiger partial charge in [-0.3, -0.25) is 0 Å². The molecule has 3 aromatic rings. The molecular weight excluding hydrogens is 264 g/mol.